The van der Waals surface area contributed by atoms with Crippen molar-refractivity contribution in [1.29, 1.82) is 0 Å². The Morgan fingerprint density at radius 2 is 2.10 bits per heavy atom. The van der Waals surface area contributed by atoms with E-state index >= 15 is 0 Å². The summed E-state index contributed by atoms with van der Waals surface area (Å²) < 4.78 is 5.32. The molecule has 3 heteroatoms. The van der Waals surface area contributed by atoms with E-state index < -0.39 is 0 Å². The van der Waals surface area contributed by atoms with E-state index in [4.69, 9.17) is 9.84 Å². The van der Waals surface area contributed by atoms with Gasteiger partial charge in [0, 0.05) is 12.6 Å². The van der Waals surface area contributed by atoms with Gasteiger partial charge in [-0.1, -0.05) is 13.0 Å². The van der Waals surface area contributed by atoms with Crippen LogP contribution in [0.3, 0.4) is 0 Å². The Morgan fingerprint density at radius 1 is 1.24 bits per heavy atom. The summed E-state index contributed by atoms with van der Waals surface area (Å²) >= 11 is 0. The summed E-state index contributed by atoms with van der Waals surface area (Å²) in [7, 11) is 1.73. The van der Waals surface area contributed by atoms with Gasteiger partial charge in [-0.25, -0.2) is 0 Å². The minimum atomic E-state index is 0.313. The number of aliphatic hydroxyl groups excluding tert-OH is 1. The number of aliphatic hydroxyl groups is 1. The molecule has 3 nitrogen and oxygen atoms in total. The van der Waals surface area contributed by atoms with Gasteiger partial charge in [-0.05, 0) is 74.9 Å². The highest BCUT2D eigenvalue weighted by molar-refractivity contribution is 5.37. The van der Waals surface area contributed by atoms with Crippen LogP contribution in [0.25, 0.3) is 0 Å². The zero-order chi connectivity index (χ0) is 15.1. The number of fused-ring (bicyclic) bond motifs is 1. The zero-order valence-corrected chi connectivity index (χ0v) is 13.5. The third kappa shape index (κ3) is 4.45. The molecular weight excluding hydrogens is 262 g/mol. The molecule has 21 heavy (non-hydrogen) atoms. The Hall–Kier alpha value is -1.06. The fraction of sp³-hybridized carbons (Fsp3) is 0.667. The molecule has 1 N–H and O–H groups in total. The Kier molecular flexibility index (Phi) is 6.52. The van der Waals surface area contributed by atoms with E-state index in [0.29, 0.717) is 12.6 Å². The lowest BCUT2D eigenvalue weighted by molar-refractivity contribution is 0.170. The average molecular weight is 291 g/mol. The number of benzene rings is 1. The second kappa shape index (κ2) is 8.40. The summed E-state index contributed by atoms with van der Waals surface area (Å²) in [5, 5.41) is 8.97. The fourth-order valence-corrected chi connectivity index (χ4v) is 3.34. The Balaban J connectivity index is 2.00. The van der Waals surface area contributed by atoms with Crippen LogP contribution in [0.2, 0.25) is 0 Å². The molecule has 0 radical (unpaired) electrons. The first kappa shape index (κ1) is 16.3. The molecule has 0 aliphatic heterocycles. The van der Waals surface area contributed by atoms with Crippen molar-refractivity contribution in [1.82, 2.24) is 4.90 Å². The van der Waals surface area contributed by atoms with Crippen molar-refractivity contribution in [2.45, 2.75) is 51.5 Å². The van der Waals surface area contributed by atoms with Gasteiger partial charge in [0.2, 0.25) is 0 Å². The maximum absolute atomic E-state index is 8.97. The van der Waals surface area contributed by atoms with Crippen molar-refractivity contribution < 1.29 is 9.84 Å². The standard InChI is InChI=1S/C18H29NO2/c1-3-10-19(11-4-5-12-20)17-8-6-16-14-18(21-2)9-7-15(16)13-17/h7,9,14,17,20H,3-6,8,10-13H2,1-2H3/t17-/m1/s1. The number of rotatable bonds is 8. The molecule has 1 aromatic carbocycles. The SMILES string of the molecule is CCCN(CCCCO)[C@@H]1CCc2cc(OC)ccc2C1. The van der Waals surface area contributed by atoms with E-state index in [1.807, 2.05) is 0 Å². The highest BCUT2D eigenvalue weighted by Gasteiger charge is 2.23. The lowest BCUT2D eigenvalue weighted by atomic mass is 9.87. The highest BCUT2D eigenvalue weighted by Crippen LogP contribution is 2.28. The van der Waals surface area contributed by atoms with Crippen molar-refractivity contribution >= 4 is 0 Å². The van der Waals surface area contributed by atoms with Gasteiger partial charge in [-0.3, -0.25) is 0 Å². The molecule has 0 spiro atoms. The third-order valence-corrected chi connectivity index (χ3v) is 4.50. The summed E-state index contributed by atoms with van der Waals surface area (Å²) in [5.41, 5.74) is 2.94. The van der Waals surface area contributed by atoms with E-state index in [9.17, 15) is 0 Å². The van der Waals surface area contributed by atoms with E-state index in [1.54, 1.807) is 7.11 Å². The predicted molar refractivity (Wildman–Crippen MR) is 87.0 cm³/mol. The normalized spacial score (nSPS) is 17.8. The molecule has 2 rings (SSSR count). The van der Waals surface area contributed by atoms with Crippen LogP contribution in [0.15, 0.2) is 18.2 Å². The molecule has 0 aromatic heterocycles. The van der Waals surface area contributed by atoms with Crippen LogP contribution in [-0.4, -0.2) is 42.9 Å². The summed E-state index contributed by atoms with van der Waals surface area (Å²) in [5.74, 6) is 0.973. The van der Waals surface area contributed by atoms with Crippen molar-refractivity contribution in [2.24, 2.45) is 0 Å². The number of unbranched alkanes of at least 4 members (excludes halogenated alkanes) is 1. The maximum atomic E-state index is 8.97. The Morgan fingerprint density at radius 3 is 2.81 bits per heavy atom. The minimum absolute atomic E-state index is 0.313. The molecule has 0 unspecified atom stereocenters. The van der Waals surface area contributed by atoms with E-state index in [2.05, 4.69) is 30.0 Å². The smallest absolute Gasteiger partial charge is 0.119 e. The number of nitrogens with zero attached hydrogens (tertiary/aromatic N) is 1. The Bertz CT molecular complexity index is 433. The van der Waals surface area contributed by atoms with Crippen LogP contribution in [-0.2, 0) is 12.8 Å². The van der Waals surface area contributed by atoms with Crippen molar-refractivity contribution in [3.05, 3.63) is 29.3 Å². The average Bonchev–Trinajstić information content (AvgIpc) is 2.53. The topological polar surface area (TPSA) is 32.7 Å². The predicted octanol–water partition coefficient (Wildman–Crippen LogP) is 3.04. The molecule has 0 heterocycles. The number of ether oxygens (including phenoxy) is 1. The summed E-state index contributed by atoms with van der Waals surface area (Å²) in [6, 6.07) is 7.17. The van der Waals surface area contributed by atoms with Gasteiger partial charge in [0.1, 0.15) is 5.75 Å². The summed E-state index contributed by atoms with van der Waals surface area (Å²) in [6.45, 7) is 4.85. The first-order valence-electron chi connectivity index (χ1n) is 8.29. The van der Waals surface area contributed by atoms with Gasteiger partial charge in [0.25, 0.3) is 0 Å². The van der Waals surface area contributed by atoms with Crippen LogP contribution in [0.4, 0.5) is 0 Å². The van der Waals surface area contributed by atoms with Crippen molar-refractivity contribution in [3.8, 4) is 5.75 Å². The highest BCUT2D eigenvalue weighted by atomic mass is 16.5. The van der Waals surface area contributed by atoms with Gasteiger partial charge >= 0.3 is 0 Å². The molecule has 0 fully saturated rings. The molecule has 0 bridgehead atoms. The van der Waals surface area contributed by atoms with Gasteiger partial charge in [-0.2, -0.15) is 0 Å². The maximum Gasteiger partial charge on any atom is 0.119 e. The monoisotopic (exact) mass is 291 g/mol. The van der Waals surface area contributed by atoms with Gasteiger partial charge in [0.15, 0.2) is 0 Å². The van der Waals surface area contributed by atoms with Crippen LogP contribution >= 0.6 is 0 Å². The Labute approximate surface area is 128 Å². The van der Waals surface area contributed by atoms with Crippen LogP contribution in [0.5, 0.6) is 5.75 Å². The first-order valence-corrected chi connectivity index (χ1v) is 8.29. The molecule has 1 atom stereocenters. The first-order chi connectivity index (χ1) is 10.3. The molecule has 1 aliphatic rings. The van der Waals surface area contributed by atoms with E-state index in [-0.39, 0.29) is 0 Å². The number of aryl methyl sites for hydroxylation is 1. The van der Waals surface area contributed by atoms with Crippen LogP contribution in [0.1, 0.15) is 43.7 Å². The molecule has 1 aromatic rings. The second-order valence-electron chi connectivity index (χ2n) is 6.00. The molecule has 0 amide bonds. The van der Waals surface area contributed by atoms with Crippen LogP contribution < -0.4 is 4.74 Å². The van der Waals surface area contributed by atoms with Gasteiger partial charge < -0.3 is 14.7 Å². The summed E-state index contributed by atoms with van der Waals surface area (Å²) in [4.78, 5) is 2.63. The van der Waals surface area contributed by atoms with Crippen molar-refractivity contribution in [3.63, 3.8) is 0 Å². The fourth-order valence-electron chi connectivity index (χ4n) is 3.34. The van der Waals surface area contributed by atoms with Gasteiger partial charge in [-0.15, -0.1) is 0 Å². The lowest BCUT2D eigenvalue weighted by Crippen LogP contribution is -2.40. The van der Waals surface area contributed by atoms with Crippen molar-refractivity contribution in [2.75, 3.05) is 26.8 Å². The largest absolute Gasteiger partial charge is 0.497 e. The molecule has 0 saturated heterocycles. The third-order valence-electron chi connectivity index (χ3n) is 4.50. The van der Waals surface area contributed by atoms with Gasteiger partial charge in [0.05, 0.1) is 7.11 Å². The lowest BCUT2D eigenvalue weighted by Gasteiger charge is -2.35. The number of methoxy groups -OCH3 is 1. The molecule has 0 saturated carbocycles. The second-order valence-corrected chi connectivity index (χ2v) is 6.00. The summed E-state index contributed by atoms with van der Waals surface area (Å²) in [6.07, 6.45) is 6.75. The number of hydrogen-bond acceptors (Lipinski definition) is 3. The zero-order valence-electron chi connectivity index (χ0n) is 13.5. The number of hydrogen-bond donors (Lipinski definition) is 1. The molecule has 1 aliphatic carbocycles. The minimum Gasteiger partial charge on any atom is -0.497 e. The van der Waals surface area contributed by atoms with E-state index in [0.717, 1.165) is 38.0 Å². The molecule has 118 valence electrons. The van der Waals surface area contributed by atoms with E-state index in [1.165, 1.54) is 30.5 Å². The van der Waals surface area contributed by atoms with Crippen LogP contribution in [0, 0.1) is 0 Å². The molecular formula is C18H29NO2. The quantitative estimate of drug-likeness (QED) is 0.747.